The molecule has 3 N–H and O–H groups in total. The number of anilines is 1. The number of rotatable bonds is 6. The number of carbonyl (C=O) groups is 2. The lowest BCUT2D eigenvalue weighted by Crippen LogP contribution is -2.50. The van der Waals surface area contributed by atoms with E-state index in [2.05, 4.69) is 10.6 Å². The van der Waals surface area contributed by atoms with Gasteiger partial charge in [0.2, 0.25) is 0 Å². The minimum absolute atomic E-state index is 0.0168. The molecule has 1 atom stereocenters. The van der Waals surface area contributed by atoms with Crippen LogP contribution in [0.3, 0.4) is 0 Å². The number of ketones is 1. The van der Waals surface area contributed by atoms with Gasteiger partial charge in [-0.1, -0.05) is 13.3 Å². The van der Waals surface area contributed by atoms with Crippen LogP contribution in [-0.2, 0) is 0 Å². The van der Waals surface area contributed by atoms with E-state index in [9.17, 15) is 14.7 Å². The Morgan fingerprint density at radius 1 is 1.25 bits per heavy atom. The van der Waals surface area contributed by atoms with Gasteiger partial charge in [-0.05, 0) is 44.5 Å². The predicted octanol–water partition coefficient (Wildman–Crippen LogP) is 2.56. The Bertz CT molecular complexity index is 471. The van der Waals surface area contributed by atoms with E-state index < -0.39 is 5.54 Å². The van der Waals surface area contributed by atoms with E-state index in [4.69, 9.17) is 0 Å². The van der Waals surface area contributed by atoms with Crippen LogP contribution in [0.1, 0.15) is 44.0 Å². The standard InChI is InChI=1S/C15H22N2O3/c1-4-9-15(3,10-18)17-14(20)16-13-7-5-12(6-8-13)11(2)19/h5-8,18H,4,9-10H2,1-3H3,(H2,16,17,20). The molecule has 0 aliphatic heterocycles. The fourth-order valence-corrected chi connectivity index (χ4v) is 1.96. The van der Waals surface area contributed by atoms with Gasteiger partial charge in [-0.3, -0.25) is 4.79 Å². The van der Waals surface area contributed by atoms with Crippen LogP contribution in [0.5, 0.6) is 0 Å². The van der Waals surface area contributed by atoms with Crippen molar-refractivity contribution in [1.82, 2.24) is 5.32 Å². The van der Waals surface area contributed by atoms with Gasteiger partial charge < -0.3 is 15.7 Å². The molecule has 0 heterocycles. The Balaban J connectivity index is 2.64. The summed E-state index contributed by atoms with van der Waals surface area (Å²) in [6, 6.07) is 6.30. The number of aliphatic hydroxyl groups excluding tert-OH is 1. The van der Waals surface area contributed by atoms with E-state index >= 15 is 0 Å². The molecule has 20 heavy (non-hydrogen) atoms. The monoisotopic (exact) mass is 278 g/mol. The Morgan fingerprint density at radius 2 is 1.85 bits per heavy atom. The average Bonchev–Trinajstić information content (AvgIpc) is 2.39. The van der Waals surface area contributed by atoms with E-state index in [-0.39, 0.29) is 18.4 Å². The summed E-state index contributed by atoms with van der Waals surface area (Å²) in [6.07, 6.45) is 1.56. The lowest BCUT2D eigenvalue weighted by Gasteiger charge is -2.28. The fraction of sp³-hybridized carbons (Fsp3) is 0.467. The number of urea groups is 1. The van der Waals surface area contributed by atoms with E-state index in [1.54, 1.807) is 31.2 Å². The van der Waals surface area contributed by atoms with Crippen LogP contribution in [-0.4, -0.2) is 29.1 Å². The third-order valence-corrected chi connectivity index (χ3v) is 3.12. The Kier molecular flexibility index (Phi) is 5.70. The van der Waals surface area contributed by atoms with Gasteiger partial charge in [0.1, 0.15) is 0 Å². The first kappa shape index (κ1) is 16.2. The van der Waals surface area contributed by atoms with Crippen molar-refractivity contribution < 1.29 is 14.7 Å². The van der Waals surface area contributed by atoms with E-state index in [1.165, 1.54) is 6.92 Å². The number of benzene rings is 1. The molecule has 1 rings (SSSR count). The zero-order chi connectivity index (χ0) is 15.2. The molecule has 0 bridgehead atoms. The van der Waals surface area contributed by atoms with Gasteiger partial charge in [0.05, 0.1) is 12.1 Å². The third kappa shape index (κ3) is 4.66. The molecule has 1 unspecified atom stereocenters. The number of aliphatic hydroxyl groups is 1. The molecule has 0 spiro atoms. The molecule has 0 radical (unpaired) electrons. The molecular formula is C15H22N2O3. The van der Waals surface area contributed by atoms with Crippen molar-refractivity contribution in [3.63, 3.8) is 0 Å². The molecule has 5 nitrogen and oxygen atoms in total. The SMILES string of the molecule is CCCC(C)(CO)NC(=O)Nc1ccc(C(C)=O)cc1. The lowest BCUT2D eigenvalue weighted by molar-refractivity contribution is 0.101. The molecule has 0 saturated carbocycles. The summed E-state index contributed by atoms with van der Waals surface area (Å²) in [7, 11) is 0. The first-order chi connectivity index (χ1) is 9.40. The van der Waals surface area contributed by atoms with Crippen LogP contribution in [0.15, 0.2) is 24.3 Å². The molecule has 1 aromatic carbocycles. The van der Waals surface area contributed by atoms with Crippen LogP contribution in [0, 0.1) is 0 Å². The Hall–Kier alpha value is -1.88. The maximum absolute atomic E-state index is 11.9. The number of hydrogen-bond acceptors (Lipinski definition) is 3. The highest BCUT2D eigenvalue weighted by molar-refractivity contribution is 5.95. The van der Waals surface area contributed by atoms with Crippen LogP contribution < -0.4 is 10.6 Å². The molecule has 0 aliphatic carbocycles. The van der Waals surface area contributed by atoms with Gasteiger partial charge in [0.25, 0.3) is 0 Å². The second-order valence-corrected chi connectivity index (χ2v) is 5.18. The average molecular weight is 278 g/mol. The smallest absolute Gasteiger partial charge is 0.319 e. The predicted molar refractivity (Wildman–Crippen MR) is 79.0 cm³/mol. The quantitative estimate of drug-likeness (QED) is 0.700. The Labute approximate surface area is 119 Å². The summed E-state index contributed by atoms with van der Waals surface area (Å²) in [5.74, 6) is -0.0168. The molecule has 0 fully saturated rings. The van der Waals surface area contributed by atoms with Gasteiger partial charge in [-0.25, -0.2) is 4.79 Å². The number of carbonyl (C=O) groups excluding carboxylic acids is 2. The van der Waals surface area contributed by atoms with Crippen molar-refractivity contribution in [3.8, 4) is 0 Å². The second-order valence-electron chi connectivity index (χ2n) is 5.18. The van der Waals surface area contributed by atoms with Gasteiger partial charge in [0, 0.05) is 11.3 Å². The first-order valence-electron chi connectivity index (χ1n) is 6.71. The second kappa shape index (κ2) is 7.05. The lowest BCUT2D eigenvalue weighted by atomic mass is 9.98. The normalized spacial score (nSPS) is 13.4. The zero-order valence-electron chi connectivity index (χ0n) is 12.2. The number of Topliss-reactive ketones (excluding diaryl/α,β-unsaturated/α-hetero) is 1. The minimum atomic E-state index is -0.627. The highest BCUT2D eigenvalue weighted by Crippen LogP contribution is 2.13. The number of hydrogen-bond donors (Lipinski definition) is 3. The molecule has 1 aromatic rings. The highest BCUT2D eigenvalue weighted by atomic mass is 16.3. The maximum Gasteiger partial charge on any atom is 0.319 e. The topological polar surface area (TPSA) is 78.4 Å². The summed E-state index contributed by atoms with van der Waals surface area (Å²) < 4.78 is 0. The zero-order valence-corrected chi connectivity index (χ0v) is 12.2. The molecule has 0 aromatic heterocycles. The van der Waals surface area contributed by atoms with Crippen molar-refractivity contribution in [2.45, 2.75) is 39.2 Å². The third-order valence-electron chi connectivity index (χ3n) is 3.12. The first-order valence-corrected chi connectivity index (χ1v) is 6.71. The molecule has 0 saturated heterocycles. The van der Waals surface area contributed by atoms with Crippen molar-refractivity contribution >= 4 is 17.5 Å². The van der Waals surface area contributed by atoms with Crippen molar-refractivity contribution in [1.29, 1.82) is 0 Å². The van der Waals surface area contributed by atoms with E-state index in [1.807, 2.05) is 6.92 Å². The summed E-state index contributed by atoms with van der Waals surface area (Å²) in [6.45, 7) is 5.17. The maximum atomic E-state index is 11.9. The summed E-state index contributed by atoms with van der Waals surface area (Å²) in [5.41, 5.74) is 0.574. The van der Waals surface area contributed by atoms with Gasteiger partial charge >= 0.3 is 6.03 Å². The largest absolute Gasteiger partial charge is 0.394 e. The van der Waals surface area contributed by atoms with E-state index in [0.29, 0.717) is 17.7 Å². The van der Waals surface area contributed by atoms with Crippen LogP contribution in [0.25, 0.3) is 0 Å². The molecule has 2 amide bonds. The highest BCUT2D eigenvalue weighted by Gasteiger charge is 2.24. The van der Waals surface area contributed by atoms with Gasteiger partial charge in [0.15, 0.2) is 5.78 Å². The number of amides is 2. The van der Waals surface area contributed by atoms with Crippen molar-refractivity contribution in [2.24, 2.45) is 0 Å². The van der Waals surface area contributed by atoms with Crippen molar-refractivity contribution in [3.05, 3.63) is 29.8 Å². The molecule has 110 valence electrons. The fourth-order valence-electron chi connectivity index (χ4n) is 1.96. The van der Waals surface area contributed by atoms with Crippen LogP contribution in [0.2, 0.25) is 0 Å². The number of nitrogens with one attached hydrogen (secondary N) is 2. The summed E-state index contributed by atoms with van der Waals surface area (Å²) >= 11 is 0. The molecular weight excluding hydrogens is 256 g/mol. The molecule has 5 heteroatoms. The van der Waals surface area contributed by atoms with E-state index in [0.717, 1.165) is 6.42 Å². The van der Waals surface area contributed by atoms with Crippen LogP contribution in [0.4, 0.5) is 10.5 Å². The summed E-state index contributed by atoms with van der Waals surface area (Å²) in [5, 5.41) is 14.8. The van der Waals surface area contributed by atoms with Gasteiger partial charge in [-0.2, -0.15) is 0 Å². The summed E-state index contributed by atoms with van der Waals surface area (Å²) in [4.78, 5) is 23.0. The minimum Gasteiger partial charge on any atom is -0.394 e. The van der Waals surface area contributed by atoms with Crippen molar-refractivity contribution in [2.75, 3.05) is 11.9 Å². The molecule has 0 aliphatic rings. The Morgan fingerprint density at radius 3 is 2.30 bits per heavy atom. The van der Waals surface area contributed by atoms with Crippen LogP contribution >= 0.6 is 0 Å². The van der Waals surface area contributed by atoms with Gasteiger partial charge in [-0.15, -0.1) is 0 Å².